The Labute approximate surface area is 124 Å². The topological polar surface area (TPSA) is 34.1 Å². The number of ether oxygens (including phenoxy) is 1. The van der Waals surface area contributed by atoms with E-state index in [-0.39, 0.29) is 0 Å². The van der Waals surface area contributed by atoms with Gasteiger partial charge in [0.1, 0.15) is 11.6 Å². The molecule has 1 aliphatic carbocycles. The zero-order valence-electron chi connectivity index (χ0n) is 11.9. The van der Waals surface area contributed by atoms with Gasteiger partial charge in [-0.15, -0.1) is 0 Å². The summed E-state index contributed by atoms with van der Waals surface area (Å²) in [6.07, 6.45) is 7.91. The summed E-state index contributed by atoms with van der Waals surface area (Å²) in [6, 6.07) is 8.71. The number of hydrogen-bond acceptors (Lipinski definition) is 4. The van der Waals surface area contributed by atoms with E-state index < -0.39 is 0 Å². The number of pyridine rings is 1. The van der Waals surface area contributed by atoms with Gasteiger partial charge in [-0.25, -0.2) is 4.98 Å². The number of anilines is 1. The van der Waals surface area contributed by atoms with E-state index in [1.165, 1.54) is 30.0 Å². The number of fused-ring (bicyclic) bond motifs is 1. The molecule has 0 saturated heterocycles. The second-order valence-electron chi connectivity index (χ2n) is 5.20. The fourth-order valence-electron chi connectivity index (χ4n) is 2.95. The molecule has 1 N–H and O–H groups in total. The van der Waals surface area contributed by atoms with Crippen LogP contribution in [0.25, 0.3) is 10.8 Å². The second-order valence-corrected chi connectivity index (χ2v) is 6.28. The summed E-state index contributed by atoms with van der Waals surface area (Å²) in [6.45, 7) is 0. The standard InChI is InChI=1S/C16H20N2OS/c1-19-12-6-7-13-11(10-12)8-9-17-16(13)18-14-4-3-5-15(14)20-2/h6-10,14-15H,3-5H2,1-2H3,(H,17,18). The van der Waals surface area contributed by atoms with Gasteiger partial charge in [0, 0.05) is 22.9 Å². The Kier molecular flexibility index (Phi) is 4.01. The Hall–Kier alpha value is -1.42. The number of aromatic nitrogens is 1. The normalized spacial score (nSPS) is 22.1. The highest BCUT2D eigenvalue weighted by atomic mass is 32.2. The van der Waals surface area contributed by atoms with Crippen molar-refractivity contribution in [3.05, 3.63) is 30.5 Å². The first kappa shape index (κ1) is 13.6. The molecule has 1 aromatic carbocycles. The zero-order valence-corrected chi connectivity index (χ0v) is 12.7. The molecule has 20 heavy (non-hydrogen) atoms. The van der Waals surface area contributed by atoms with Crippen molar-refractivity contribution in [2.75, 3.05) is 18.7 Å². The predicted molar refractivity (Wildman–Crippen MR) is 86.9 cm³/mol. The first-order valence-corrected chi connectivity index (χ1v) is 8.32. The minimum Gasteiger partial charge on any atom is -0.497 e. The molecule has 0 aliphatic heterocycles. The average molecular weight is 288 g/mol. The third-order valence-corrected chi connectivity index (χ3v) is 5.22. The lowest BCUT2D eigenvalue weighted by Crippen LogP contribution is -2.26. The van der Waals surface area contributed by atoms with Crippen molar-refractivity contribution in [3.63, 3.8) is 0 Å². The van der Waals surface area contributed by atoms with Crippen molar-refractivity contribution in [1.82, 2.24) is 4.98 Å². The number of methoxy groups -OCH3 is 1. The SMILES string of the molecule is COc1ccc2c(NC3CCCC3SC)nccc2c1. The molecular weight excluding hydrogens is 268 g/mol. The maximum absolute atomic E-state index is 5.29. The lowest BCUT2D eigenvalue weighted by atomic mass is 10.1. The number of hydrogen-bond donors (Lipinski definition) is 1. The van der Waals surface area contributed by atoms with Gasteiger partial charge >= 0.3 is 0 Å². The maximum atomic E-state index is 5.29. The highest BCUT2D eigenvalue weighted by Gasteiger charge is 2.26. The lowest BCUT2D eigenvalue weighted by Gasteiger charge is -2.20. The summed E-state index contributed by atoms with van der Waals surface area (Å²) in [5.74, 6) is 1.88. The van der Waals surface area contributed by atoms with Gasteiger partial charge < -0.3 is 10.1 Å². The minimum atomic E-state index is 0.533. The zero-order chi connectivity index (χ0) is 13.9. The van der Waals surface area contributed by atoms with E-state index >= 15 is 0 Å². The highest BCUT2D eigenvalue weighted by molar-refractivity contribution is 7.99. The van der Waals surface area contributed by atoms with Gasteiger partial charge in [0.05, 0.1) is 7.11 Å². The molecule has 2 atom stereocenters. The molecule has 2 unspecified atom stereocenters. The van der Waals surface area contributed by atoms with Crippen molar-refractivity contribution in [2.24, 2.45) is 0 Å². The number of nitrogens with one attached hydrogen (secondary N) is 1. The predicted octanol–water partition coefficient (Wildman–Crippen LogP) is 3.94. The summed E-state index contributed by atoms with van der Waals surface area (Å²) < 4.78 is 5.29. The third-order valence-electron chi connectivity index (χ3n) is 4.05. The lowest BCUT2D eigenvalue weighted by molar-refractivity contribution is 0.415. The van der Waals surface area contributed by atoms with E-state index in [0.717, 1.165) is 11.6 Å². The fourth-order valence-corrected chi connectivity index (χ4v) is 3.88. The third kappa shape index (κ3) is 2.57. The van der Waals surface area contributed by atoms with Crippen LogP contribution in [0.3, 0.4) is 0 Å². The smallest absolute Gasteiger partial charge is 0.134 e. The van der Waals surface area contributed by atoms with Crippen LogP contribution in [0.15, 0.2) is 30.5 Å². The van der Waals surface area contributed by atoms with Crippen LogP contribution in [-0.4, -0.2) is 29.6 Å². The summed E-state index contributed by atoms with van der Waals surface area (Å²) in [5.41, 5.74) is 0. The van der Waals surface area contributed by atoms with Crippen molar-refractivity contribution < 1.29 is 4.74 Å². The highest BCUT2D eigenvalue weighted by Crippen LogP contribution is 2.32. The fraction of sp³-hybridized carbons (Fsp3) is 0.438. The number of thioether (sulfide) groups is 1. The van der Waals surface area contributed by atoms with Crippen LogP contribution in [-0.2, 0) is 0 Å². The summed E-state index contributed by atoms with van der Waals surface area (Å²) in [7, 11) is 1.70. The molecule has 1 fully saturated rings. The van der Waals surface area contributed by atoms with E-state index in [2.05, 4.69) is 28.7 Å². The summed E-state index contributed by atoms with van der Waals surface area (Å²) in [4.78, 5) is 4.53. The molecule has 1 saturated carbocycles. The van der Waals surface area contributed by atoms with E-state index in [1.807, 2.05) is 30.1 Å². The van der Waals surface area contributed by atoms with Crippen molar-refractivity contribution >= 4 is 28.4 Å². The summed E-state index contributed by atoms with van der Waals surface area (Å²) >= 11 is 1.96. The molecule has 106 valence electrons. The Bertz CT molecular complexity index is 602. The van der Waals surface area contributed by atoms with Crippen LogP contribution in [0.1, 0.15) is 19.3 Å². The van der Waals surface area contributed by atoms with Gasteiger partial charge in [0.25, 0.3) is 0 Å². The number of rotatable bonds is 4. The van der Waals surface area contributed by atoms with Gasteiger partial charge in [-0.1, -0.05) is 6.42 Å². The Morgan fingerprint density at radius 3 is 3.00 bits per heavy atom. The maximum Gasteiger partial charge on any atom is 0.134 e. The van der Waals surface area contributed by atoms with Crippen molar-refractivity contribution in [3.8, 4) is 5.75 Å². The van der Waals surface area contributed by atoms with Gasteiger partial charge in [-0.05, 0) is 48.7 Å². The first-order valence-electron chi connectivity index (χ1n) is 7.04. The largest absolute Gasteiger partial charge is 0.497 e. The Morgan fingerprint density at radius 1 is 1.30 bits per heavy atom. The van der Waals surface area contributed by atoms with E-state index in [4.69, 9.17) is 4.74 Å². The Morgan fingerprint density at radius 2 is 2.20 bits per heavy atom. The molecule has 0 spiro atoms. The van der Waals surface area contributed by atoms with Crippen LogP contribution >= 0.6 is 11.8 Å². The molecule has 4 heteroatoms. The molecule has 1 aromatic heterocycles. The first-order chi connectivity index (χ1) is 9.81. The van der Waals surface area contributed by atoms with Crippen LogP contribution in [0.2, 0.25) is 0 Å². The quantitative estimate of drug-likeness (QED) is 0.924. The van der Waals surface area contributed by atoms with Gasteiger partial charge in [0.15, 0.2) is 0 Å². The average Bonchev–Trinajstić information content (AvgIpc) is 2.94. The molecule has 1 heterocycles. The molecule has 2 aromatic rings. The van der Waals surface area contributed by atoms with E-state index in [0.29, 0.717) is 11.3 Å². The molecule has 0 amide bonds. The Balaban J connectivity index is 1.91. The summed E-state index contributed by atoms with van der Waals surface area (Å²) in [5, 5.41) is 6.68. The van der Waals surface area contributed by atoms with Crippen LogP contribution < -0.4 is 10.1 Å². The van der Waals surface area contributed by atoms with Gasteiger partial charge in [-0.3, -0.25) is 0 Å². The van der Waals surface area contributed by atoms with Crippen LogP contribution in [0, 0.1) is 0 Å². The van der Waals surface area contributed by atoms with Gasteiger partial charge in [0.2, 0.25) is 0 Å². The second kappa shape index (κ2) is 5.92. The minimum absolute atomic E-state index is 0.533. The molecule has 3 rings (SSSR count). The number of nitrogens with zero attached hydrogens (tertiary/aromatic N) is 1. The molecule has 0 bridgehead atoms. The van der Waals surface area contributed by atoms with Crippen LogP contribution in [0.5, 0.6) is 5.75 Å². The van der Waals surface area contributed by atoms with Crippen molar-refractivity contribution in [1.29, 1.82) is 0 Å². The van der Waals surface area contributed by atoms with Gasteiger partial charge in [-0.2, -0.15) is 11.8 Å². The molecular formula is C16H20N2OS. The molecule has 3 nitrogen and oxygen atoms in total. The van der Waals surface area contributed by atoms with E-state index in [1.54, 1.807) is 7.11 Å². The van der Waals surface area contributed by atoms with Crippen molar-refractivity contribution in [2.45, 2.75) is 30.6 Å². The molecule has 1 aliphatic rings. The number of benzene rings is 1. The monoisotopic (exact) mass is 288 g/mol. The van der Waals surface area contributed by atoms with E-state index in [9.17, 15) is 0 Å². The molecule has 0 radical (unpaired) electrons. The van der Waals surface area contributed by atoms with Crippen LogP contribution in [0.4, 0.5) is 5.82 Å².